The number of hydrogen-bond acceptors (Lipinski definition) is 7. The summed E-state index contributed by atoms with van der Waals surface area (Å²) in [6.07, 6.45) is -0.0981. The van der Waals surface area contributed by atoms with E-state index in [0.717, 1.165) is 0 Å². The zero-order valence-corrected chi connectivity index (χ0v) is 16.8. The minimum atomic E-state index is -0.537. The summed E-state index contributed by atoms with van der Waals surface area (Å²) in [7, 11) is 1.53. The van der Waals surface area contributed by atoms with E-state index in [2.05, 4.69) is 15.8 Å². The number of methoxy groups -OCH3 is 1. The van der Waals surface area contributed by atoms with E-state index < -0.39 is 16.7 Å². The van der Waals surface area contributed by atoms with Crippen LogP contribution in [0.25, 0.3) is 0 Å². The number of aryl methyl sites for hydroxylation is 1. The predicted molar refractivity (Wildman–Crippen MR) is 111 cm³/mol. The molecular weight excluding hydrogens is 392 g/mol. The molecule has 0 unspecified atom stereocenters. The lowest BCUT2D eigenvalue weighted by Crippen LogP contribution is -2.26. The Morgan fingerprint density at radius 2 is 1.87 bits per heavy atom. The SMILES string of the molecule is COc1cccc(OCC(=O)N/N=C(\C)CC(=O)Nc2cc([N+](=O)[O-])ccc2C)c1. The van der Waals surface area contributed by atoms with E-state index in [1.165, 1.54) is 19.2 Å². The molecular formula is C20H22N4O6. The number of carbonyl (C=O) groups excluding carboxylic acids is 2. The van der Waals surface area contributed by atoms with Gasteiger partial charge in [0.25, 0.3) is 11.6 Å². The van der Waals surface area contributed by atoms with Gasteiger partial charge in [0.05, 0.1) is 24.1 Å². The zero-order chi connectivity index (χ0) is 22.1. The summed E-state index contributed by atoms with van der Waals surface area (Å²) < 4.78 is 10.4. The molecule has 2 amide bonds. The average Bonchev–Trinajstić information content (AvgIpc) is 2.72. The molecule has 2 rings (SSSR count). The third kappa shape index (κ3) is 6.89. The fourth-order valence-electron chi connectivity index (χ4n) is 2.35. The second-order valence-electron chi connectivity index (χ2n) is 6.33. The lowest BCUT2D eigenvalue weighted by atomic mass is 10.1. The number of ether oxygens (including phenoxy) is 2. The minimum Gasteiger partial charge on any atom is -0.497 e. The number of hydrogen-bond donors (Lipinski definition) is 2. The van der Waals surface area contributed by atoms with E-state index in [4.69, 9.17) is 9.47 Å². The highest BCUT2D eigenvalue weighted by molar-refractivity contribution is 6.06. The van der Waals surface area contributed by atoms with Crippen molar-refractivity contribution < 1.29 is 24.0 Å². The molecule has 0 fully saturated rings. The molecule has 10 heteroatoms. The van der Waals surface area contributed by atoms with Gasteiger partial charge in [-0.1, -0.05) is 12.1 Å². The summed E-state index contributed by atoms with van der Waals surface area (Å²) >= 11 is 0. The summed E-state index contributed by atoms with van der Waals surface area (Å²) in [4.78, 5) is 34.4. The van der Waals surface area contributed by atoms with Gasteiger partial charge in [-0.25, -0.2) is 5.43 Å². The Kier molecular flexibility index (Phi) is 7.86. The van der Waals surface area contributed by atoms with Crippen LogP contribution >= 0.6 is 0 Å². The van der Waals surface area contributed by atoms with Crippen molar-refractivity contribution in [2.24, 2.45) is 5.10 Å². The quantitative estimate of drug-likeness (QED) is 0.368. The van der Waals surface area contributed by atoms with E-state index >= 15 is 0 Å². The molecule has 30 heavy (non-hydrogen) atoms. The normalized spacial score (nSPS) is 10.8. The molecule has 0 atom stereocenters. The van der Waals surface area contributed by atoms with Crippen LogP contribution in [0.15, 0.2) is 47.6 Å². The number of hydrazone groups is 1. The first-order valence-electron chi connectivity index (χ1n) is 8.92. The number of nitro groups is 1. The Hall–Kier alpha value is -3.95. The van der Waals surface area contributed by atoms with E-state index in [1.807, 2.05) is 0 Å². The van der Waals surface area contributed by atoms with Crippen molar-refractivity contribution >= 4 is 28.9 Å². The standard InChI is InChI=1S/C20H22N4O6/c1-13-7-8-15(24(27)28)10-18(13)21-19(25)9-14(2)22-23-20(26)12-30-17-6-4-5-16(11-17)29-3/h4-8,10-11H,9,12H2,1-3H3,(H,21,25)(H,23,26)/b22-14+. The fraction of sp³-hybridized carbons (Fsp3) is 0.250. The number of non-ortho nitro benzene ring substituents is 1. The Bertz CT molecular complexity index is 974. The summed E-state index contributed by atoms with van der Waals surface area (Å²) in [5, 5.41) is 17.3. The Morgan fingerprint density at radius 1 is 1.13 bits per heavy atom. The average molecular weight is 414 g/mol. The van der Waals surface area contributed by atoms with Crippen LogP contribution in [-0.4, -0.2) is 36.2 Å². The second-order valence-corrected chi connectivity index (χ2v) is 6.33. The van der Waals surface area contributed by atoms with Crippen molar-refractivity contribution in [3.8, 4) is 11.5 Å². The highest BCUT2D eigenvalue weighted by Gasteiger charge is 2.12. The van der Waals surface area contributed by atoms with E-state index in [1.54, 1.807) is 44.2 Å². The van der Waals surface area contributed by atoms with E-state index in [9.17, 15) is 19.7 Å². The molecule has 0 aliphatic carbocycles. The van der Waals surface area contributed by atoms with Crippen molar-refractivity contribution in [1.29, 1.82) is 0 Å². The van der Waals surface area contributed by atoms with Crippen LogP contribution in [0.3, 0.4) is 0 Å². The van der Waals surface area contributed by atoms with Gasteiger partial charge >= 0.3 is 0 Å². The maximum atomic E-state index is 12.2. The minimum absolute atomic E-state index is 0.0981. The molecule has 0 spiro atoms. The summed E-state index contributed by atoms with van der Waals surface area (Å²) in [6.45, 7) is 3.04. The largest absolute Gasteiger partial charge is 0.497 e. The molecule has 0 aromatic heterocycles. The predicted octanol–water partition coefficient (Wildman–Crippen LogP) is 2.81. The summed E-state index contributed by atoms with van der Waals surface area (Å²) in [6, 6.07) is 11.0. The van der Waals surface area contributed by atoms with Crippen LogP contribution in [-0.2, 0) is 9.59 Å². The van der Waals surface area contributed by atoms with Gasteiger partial charge in [-0.15, -0.1) is 0 Å². The molecule has 0 saturated carbocycles. The first-order chi connectivity index (χ1) is 14.3. The number of nitrogens with zero attached hydrogens (tertiary/aromatic N) is 2. The molecule has 0 aliphatic heterocycles. The van der Waals surface area contributed by atoms with Crippen molar-refractivity contribution in [2.75, 3.05) is 19.0 Å². The van der Waals surface area contributed by atoms with Crippen LogP contribution in [0.5, 0.6) is 11.5 Å². The highest BCUT2D eigenvalue weighted by atomic mass is 16.6. The molecule has 0 radical (unpaired) electrons. The van der Waals surface area contributed by atoms with Crippen molar-refractivity contribution in [2.45, 2.75) is 20.3 Å². The van der Waals surface area contributed by atoms with Gasteiger partial charge < -0.3 is 14.8 Å². The van der Waals surface area contributed by atoms with Crippen LogP contribution in [0.4, 0.5) is 11.4 Å². The van der Waals surface area contributed by atoms with Gasteiger partial charge in [0, 0.05) is 23.9 Å². The van der Waals surface area contributed by atoms with Gasteiger partial charge in [0.2, 0.25) is 5.91 Å². The maximum absolute atomic E-state index is 12.2. The number of nitro benzene ring substituents is 1. The third-order valence-corrected chi connectivity index (χ3v) is 3.91. The van der Waals surface area contributed by atoms with Gasteiger partial charge in [-0.05, 0) is 31.5 Å². The number of nitrogens with one attached hydrogen (secondary N) is 2. The number of amides is 2. The van der Waals surface area contributed by atoms with Gasteiger partial charge in [0.15, 0.2) is 6.61 Å². The highest BCUT2D eigenvalue weighted by Crippen LogP contribution is 2.22. The molecule has 2 aromatic carbocycles. The van der Waals surface area contributed by atoms with Gasteiger partial charge in [0.1, 0.15) is 11.5 Å². The smallest absolute Gasteiger partial charge is 0.277 e. The van der Waals surface area contributed by atoms with Crippen LogP contribution in [0.2, 0.25) is 0 Å². The van der Waals surface area contributed by atoms with Crippen molar-refractivity contribution in [3.63, 3.8) is 0 Å². The van der Waals surface area contributed by atoms with Crippen LogP contribution in [0.1, 0.15) is 18.9 Å². The Labute approximate surface area is 173 Å². The van der Waals surface area contributed by atoms with Crippen molar-refractivity contribution in [1.82, 2.24) is 5.43 Å². The Balaban J connectivity index is 1.84. The number of benzene rings is 2. The van der Waals surface area contributed by atoms with E-state index in [0.29, 0.717) is 28.5 Å². The van der Waals surface area contributed by atoms with Crippen molar-refractivity contribution in [3.05, 3.63) is 58.1 Å². The second kappa shape index (κ2) is 10.6. The lowest BCUT2D eigenvalue weighted by molar-refractivity contribution is -0.384. The maximum Gasteiger partial charge on any atom is 0.277 e. The third-order valence-electron chi connectivity index (χ3n) is 3.91. The summed E-state index contributed by atoms with van der Waals surface area (Å²) in [5.74, 6) is 0.164. The Morgan fingerprint density at radius 3 is 2.57 bits per heavy atom. The first kappa shape index (κ1) is 22.3. The van der Waals surface area contributed by atoms with Crippen LogP contribution < -0.4 is 20.2 Å². The number of rotatable bonds is 9. The molecule has 0 saturated heterocycles. The zero-order valence-electron chi connectivity index (χ0n) is 16.8. The summed E-state index contributed by atoms with van der Waals surface area (Å²) in [5.41, 5.74) is 3.57. The molecule has 0 bridgehead atoms. The molecule has 0 heterocycles. The van der Waals surface area contributed by atoms with E-state index in [-0.39, 0.29) is 18.7 Å². The molecule has 0 aliphatic rings. The monoisotopic (exact) mass is 414 g/mol. The molecule has 158 valence electrons. The molecule has 2 aromatic rings. The molecule has 10 nitrogen and oxygen atoms in total. The lowest BCUT2D eigenvalue weighted by Gasteiger charge is -2.09. The van der Waals surface area contributed by atoms with Gasteiger partial charge in [-0.3, -0.25) is 19.7 Å². The topological polar surface area (TPSA) is 132 Å². The first-order valence-corrected chi connectivity index (χ1v) is 8.92. The molecule has 2 N–H and O–H groups in total. The number of carbonyl (C=O) groups is 2. The number of anilines is 1. The van der Waals surface area contributed by atoms with Crippen LogP contribution in [0, 0.1) is 17.0 Å². The van der Waals surface area contributed by atoms with Gasteiger partial charge in [-0.2, -0.15) is 5.10 Å². The fourth-order valence-corrected chi connectivity index (χ4v) is 2.35.